The maximum absolute atomic E-state index is 12.0. The van der Waals surface area contributed by atoms with Crippen molar-refractivity contribution in [3.63, 3.8) is 0 Å². The second kappa shape index (κ2) is 4.58. The van der Waals surface area contributed by atoms with Crippen LogP contribution in [0.1, 0.15) is 32.4 Å². The smallest absolute Gasteiger partial charge is 0.339 e. The fourth-order valence-electron chi connectivity index (χ4n) is 2.20. The third-order valence-corrected chi connectivity index (χ3v) is 4.08. The summed E-state index contributed by atoms with van der Waals surface area (Å²) in [5, 5.41) is 0. The molecule has 2 atom stereocenters. The van der Waals surface area contributed by atoms with Crippen LogP contribution in [0.15, 0.2) is 54.6 Å². The van der Waals surface area contributed by atoms with Gasteiger partial charge in [0.25, 0.3) is 0 Å². The largest absolute Gasteiger partial charge is 0.452 e. The molecule has 0 fully saturated rings. The van der Waals surface area contributed by atoms with Gasteiger partial charge in [0.05, 0.1) is 10.4 Å². The minimum Gasteiger partial charge on any atom is -0.452 e. The van der Waals surface area contributed by atoms with Crippen molar-refractivity contribution in [3.8, 4) is 0 Å². The fourth-order valence-corrected chi connectivity index (χ4v) is 3.02. The average Bonchev–Trinajstić information content (AvgIpc) is 2.44. The predicted molar refractivity (Wildman–Crippen MR) is 72.7 cm³/mol. The molecule has 18 heavy (non-hydrogen) atoms. The van der Waals surface area contributed by atoms with E-state index >= 15 is 0 Å². The number of benzene rings is 2. The zero-order valence-electron chi connectivity index (χ0n) is 9.55. The number of halogens is 1. The Morgan fingerprint density at radius 2 is 1.61 bits per heavy atom. The van der Waals surface area contributed by atoms with E-state index in [1.807, 2.05) is 48.5 Å². The van der Waals surface area contributed by atoms with Crippen LogP contribution in [0.4, 0.5) is 0 Å². The Kier molecular flexibility index (Phi) is 2.92. The van der Waals surface area contributed by atoms with Crippen LogP contribution in [0, 0.1) is 0 Å². The summed E-state index contributed by atoms with van der Waals surface area (Å²) in [5.41, 5.74) is 2.64. The third-order valence-electron chi connectivity index (χ3n) is 3.11. The second-order valence-electron chi connectivity index (χ2n) is 4.23. The number of ether oxygens (including phenoxy) is 1. The lowest BCUT2D eigenvalue weighted by molar-refractivity contribution is 0.0249. The van der Waals surface area contributed by atoms with E-state index in [-0.39, 0.29) is 16.9 Å². The van der Waals surface area contributed by atoms with Gasteiger partial charge in [-0.25, -0.2) is 4.79 Å². The van der Waals surface area contributed by atoms with E-state index in [9.17, 15) is 4.79 Å². The van der Waals surface area contributed by atoms with Gasteiger partial charge in [0, 0.05) is 0 Å². The van der Waals surface area contributed by atoms with E-state index in [2.05, 4.69) is 15.9 Å². The predicted octanol–water partition coefficient (Wildman–Crippen LogP) is 4.03. The molecule has 90 valence electrons. The molecule has 2 aromatic carbocycles. The molecular weight excluding hydrogens is 292 g/mol. The van der Waals surface area contributed by atoms with Crippen LogP contribution in [-0.2, 0) is 4.74 Å². The summed E-state index contributed by atoms with van der Waals surface area (Å²) in [5.74, 6) is -0.254. The quantitative estimate of drug-likeness (QED) is 0.587. The minimum atomic E-state index is -0.270. The van der Waals surface area contributed by atoms with Crippen molar-refractivity contribution < 1.29 is 9.53 Å². The van der Waals surface area contributed by atoms with Crippen molar-refractivity contribution in [2.75, 3.05) is 0 Å². The summed E-state index contributed by atoms with van der Waals surface area (Å²) in [7, 11) is 0. The number of esters is 1. The zero-order valence-corrected chi connectivity index (χ0v) is 11.1. The molecule has 3 rings (SSSR count). The van der Waals surface area contributed by atoms with Gasteiger partial charge in [-0.2, -0.15) is 0 Å². The van der Waals surface area contributed by atoms with E-state index in [1.54, 1.807) is 6.07 Å². The lowest BCUT2D eigenvalue weighted by Crippen LogP contribution is -2.23. The molecule has 0 radical (unpaired) electrons. The third kappa shape index (κ3) is 1.85. The standard InChI is InChI=1S/C15H11BrO2/c16-13-11-8-4-5-9-12(11)15(17)18-14(13)10-6-2-1-3-7-10/h1-9,13-14H/t13-,14+/m1/s1. The molecule has 1 aliphatic rings. The summed E-state index contributed by atoms with van der Waals surface area (Å²) in [6, 6.07) is 17.3. The molecule has 2 nitrogen and oxygen atoms in total. The fraction of sp³-hybridized carbons (Fsp3) is 0.133. The number of carbonyl (C=O) groups excluding carboxylic acids is 1. The second-order valence-corrected chi connectivity index (χ2v) is 5.21. The summed E-state index contributed by atoms with van der Waals surface area (Å²) >= 11 is 3.64. The minimum absolute atomic E-state index is 0.00574. The molecule has 0 aromatic heterocycles. The molecule has 0 saturated carbocycles. The Bertz CT molecular complexity index is 580. The van der Waals surface area contributed by atoms with Gasteiger partial charge in [0.1, 0.15) is 6.10 Å². The highest BCUT2D eigenvalue weighted by atomic mass is 79.9. The van der Waals surface area contributed by atoms with Crippen LogP contribution in [-0.4, -0.2) is 5.97 Å². The summed E-state index contributed by atoms with van der Waals surface area (Å²) in [4.78, 5) is 12.0. The van der Waals surface area contributed by atoms with E-state index < -0.39 is 0 Å². The van der Waals surface area contributed by atoms with E-state index in [4.69, 9.17) is 4.74 Å². The molecule has 0 aliphatic carbocycles. The molecule has 0 saturated heterocycles. The van der Waals surface area contributed by atoms with Gasteiger partial charge in [-0.1, -0.05) is 64.5 Å². The Morgan fingerprint density at radius 3 is 2.39 bits per heavy atom. The number of hydrogen-bond donors (Lipinski definition) is 0. The molecule has 0 N–H and O–H groups in total. The van der Waals surface area contributed by atoms with Crippen LogP contribution >= 0.6 is 15.9 Å². The van der Waals surface area contributed by atoms with Gasteiger partial charge in [-0.05, 0) is 17.2 Å². The van der Waals surface area contributed by atoms with Crippen molar-refractivity contribution in [2.24, 2.45) is 0 Å². The monoisotopic (exact) mass is 302 g/mol. The summed E-state index contributed by atoms with van der Waals surface area (Å²) < 4.78 is 5.53. The van der Waals surface area contributed by atoms with E-state index in [0.717, 1.165) is 11.1 Å². The number of carbonyl (C=O) groups is 1. The highest BCUT2D eigenvalue weighted by molar-refractivity contribution is 9.09. The van der Waals surface area contributed by atoms with E-state index in [0.29, 0.717) is 5.56 Å². The van der Waals surface area contributed by atoms with Crippen LogP contribution < -0.4 is 0 Å². The molecule has 3 heteroatoms. The number of fused-ring (bicyclic) bond motifs is 1. The first-order chi connectivity index (χ1) is 8.77. The molecule has 1 heterocycles. The number of cyclic esters (lactones) is 1. The Morgan fingerprint density at radius 1 is 0.944 bits per heavy atom. The molecular formula is C15H11BrO2. The first kappa shape index (κ1) is 11.5. The molecule has 1 aliphatic heterocycles. The normalized spacial score (nSPS) is 22.2. The van der Waals surface area contributed by atoms with Gasteiger partial charge >= 0.3 is 5.97 Å². The maximum atomic E-state index is 12.0. The Hall–Kier alpha value is -1.61. The van der Waals surface area contributed by atoms with Gasteiger partial charge in [-0.15, -0.1) is 0 Å². The van der Waals surface area contributed by atoms with Gasteiger partial charge in [-0.3, -0.25) is 0 Å². The molecule has 0 bridgehead atoms. The van der Waals surface area contributed by atoms with Gasteiger partial charge < -0.3 is 4.74 Å². The topological polar surface area (TPSA) is 26.3 Å². The van der Waals surface area contributed by atoms with Crippen molar-refractivity contribution in [1.29, 1.82) is 0 Å². The molecule has 2 aromatic rings. The van der Waals surface area contributed by atoms with Crippen molar-refractivity contribution in [1.82, 2.24) is 0 Å². The highest BCUT2D eigenvalue weighted by Crippen LogP contribution is 2.44. The van der Waals surface area contributed by atoms with Crippen molar-refractivity contribution >= 4 is 21.9 Å². The van der Waals surface area contributed by atoms with Crippen LogP contribution in [0.25, 0.3) is 0 Å². The Balaban J connectivity index is 2.05. The zero-order chi connectivity index (χ0) is 12.5. The SMILES string of the molecule is O=C1O[C@@H](c2ccccc2)[C@H](Br)c2ccccc21. The Labute approximate surface area is 114 Å². The lowest BCUT2D eigenvalue weighted by atomic mass is 9.95. The van der Waals surface area contributed by atoms with Crippen LogP contribution in [0.5, 0.6) is 0 Å². The average molecular weight is 303 g/mol. The summed E-state index contributed by atoms with van der Waals surface area (Å²) in [6.45, 7) is 0. The summed E-state index contributed by atoms with van der Waals surface area (Å²) in [6.07, 6.45) is -0.270. The van der Waals surface area contributed by atoms with Gasteiger partial charge in [0.15, 0.2) is 0 Å². The lowest BCUT2D eigenvalue weighted by Gasteiger charge is -2.29. The maximum Gasteiger partial charge on any atom is 0.339 e. The van der Waals surface area contributed by atoms with E-state index in [1.165, 1.54) is 0 Å². The molecule has 0 unspecified atom stereocenters. The number of hydrogen-bond acceptors (Lipinski definition) is 2. The van der Waals surface area contributed by atoms with Crippen molar-refractivity contribution in [2.45, 2.75) is 10.9 Å². The van der Waals surface area contributed by atoms with Crippen LogP contribution in [0.2, 0.25) is 0 Å². The number of alkyl halides is 1. The molecule has 0 amide bonds. The molecule has 0 spiro atoms. The first-order valence-electron chi connectivity index (χ1n) is 5.76. The number of rotatable bonds is 1. The highest BCUT2D eigenvalue weighted by Gasteiger charge is 2.34. The first-order valence-corrected chi connectivity index (χ1v) is 6.68. The van der Waals surface area contributed by atoms with Gasteiger partial charge in [0.2, 0.25) is 0 Å². The van der Waals surface area contributed by atoms with Crippen LogP contribution in [0.3, 0.4) is 0 Å². The van der Waals surface area contributed by atoms with Crippen molar-refractivity contribution in [3.05, 3.63) is 71.3 Å².